The fourth-order valence-electron chi connectivity index (χ4n) is 6.52. The summed E-state index contributed by atoms with van der Waals surface area (Å²) in [5, 5.41) is 0. The third-order valence-corrected chi connectivity index (χ3v) is 8.89. The molecule has 0 unspecified atom stereocenters. The van der Waals surface area contributed by atoms with Crippen molar-refractivity contribution in [2.45, 2.75) is 116 Å². The van der Waals surface area contributed by atoms with Crippen LogP contribution in [-0.2, 0) is 6.42 Å². The van der Waals surface area contributed by atoms with Crippen molar-refractivity contribution in [3.8, 4) is 11.8 Å². The van der Waals surface area contributed by atoms with Crippen LogP contribution in [0.4, 0.5) is 0 Å². The first-order chi connectivity index (χ1) is 17.7. The molecule has 4 rings (SSSR count). The molecule has 0 bridgehead atoms. The van der Waals surface area contributed by atoms with Crippen molar-refractivity contribution in [2.75, 3.05) is 0 Å². The number of rotatable bonds is 9. The number of benzene rings is 2. The SMILES string of the molecule is CCCCCc1ccc(C2CCC(C=CC#Cc3ccc(C4CCC(CCC)CC4)cc3)CC2)cc1. The van der Waals surface area contributed by atoms with E-state index in [2.05, 4.69) is 86.4 Å². The monoisotopic (exact) mass is 480 g/mol. The predicted octanol–water partition coefficient (Wildman–Crippen LogP) is 10.4. The summed E-state index contributed by atoms with van der Waals surface area (Å²) in [7, 11) is 0. The van der Waals surface area contributed by atoms with Crippen molar-refractivity contribution in [3.63, 3.8) is 0 Å². The van der Waals surface area contributed by atoms with E-state index in [-0.39, 0.29) is 0 Å². The summed E-state index contributed by atoms with van der Waals surface area (Å²) in [6.45, 7) is 4.60. The predicted molar refractivity (Wildman–Crippen MR) is 156 cm³/mol. The highest BCUT2D eigenvalue weighted by Crippen LogP contribution is 2.38. The molecule has 192 valence electrons. The lowest BCUT2D eigenvalue weighted by Crippen LogP contribution is -2.13. The summed E-state index contributed by atoms with van der Waals surface area (Å²) >= 11 is 0. The van der Waals surface area contributed by atoms with Crippen LogP contribution in [0.2, 0.25) is 0 Å². The van der Waals surface area contributed by atoms with Crippen LogP contribution in [-0.4, -0.2) is 0 Å². The Labute approximate surface area is 222 Å². The normalized spacial score (nSPS) is 24.4. The van der Waals surface area contributed by atoms with Crippen molar-refractivity contribution >= 4 is 0 Å². The number of unbranched alkanes of at least 4 members (excludes halogenated alkanes) is 2. The first kappa shape index (κ1) is 26.8. The van der Waals surface area contributed by atoms with Gasteiger partial charge < -0.3 is 0 Å². The minimum atomic E-state index is 0.689. The standard InChI is InChI=1S/C36H48/c1-3-5-6-10-30-15-23-35(24-16-30)36-27-19-32(20-28-36)12-8-7-11-31-17-25-34(26-18-31)33-21-13-29(9-4-2)14-22-33/h8,12,15-18,23-26,29,32-33,36H,3-6,9-10,13-14,19-22,27-28H2,1-2H3. The fourth-order valence-corrected chi connectivity index (χ4v) is 6.52. The quantitative estimate of drug-likeness (QED) is 0.247. The minimum Gasteiger partial charge on any atom is -0.0730 e. The van der Waals surface area contributed by atoms with E-state index in [1.54, 1.807) is 5.56 Å². The summed E-state index contributed by atoms with van der Waals surface area (Å²) in [4.78, 5) is 0. The van der Waals surface area contributed by atoms with Crippen LogP contribution in [0, 0.1) is 23.7 Å². The van der Waals surface area contributed by atoms with Gasteiger partial charge in [-0.15, -0.1) is 0 Å². The Balaban J connectivity index is 1.19. The summed E-state index contributed by atoms with van der Waals surface area (Å²) in [5.74, 6) is 9.84. The van der Waals surface area contributed by atoms with Crippen molar-refractivity contribution in [1.29, 1.82) is 0 Å². The molecule has 0 amide bonds. The summed E-state index contributed by atoms with van der Waals surface area (Å²) in [5.41, 5.74) is 5.72. The van der Waals surface area contributed by atoms with Crippen LogP contribution in [0.1, 0.15) is 131 Å². The first-order valence-electron chi connectivity index (χ1n) is 15.1. The maximum absolute atomic E-state index is 3.36. The van der Waals surface area contributed by atoms with Crippen molar-refractivity contribution in [2.24, 2.45) is 11.8 Å². The molecule has 0 atom stereocenters. The first-order valence-corrected chi connectivity index (χ1v) is 15.1. The second-order valence-electron chi connectivity index (χ2n) is 11.6. The Morgan fingerprint density at radius 1 is 0.694 bits per heavy atom. The zero-order valence-electron chi connectivity index (χ0n) is 23.0. The Morgan fingerprint density at radius 3 is 1.92 bits per heavy atom. The summed E-state index contributed by atoms with van der Waals surface area (Å²) in [6, 6.07) is 18.7. The van der Waals surface area contributed by atoms with Crippen LogP contribution in [0.3, 0.4) is 0 Å². The maximum Gasteiger partial charge on any atom is 0.0249 e. The van der Waals surface area contributed by atoms with Crippen molar-refractivity contribution in [1.82, 2.24) is 0 Å². The lowest BCUT2D eigenvalue weighted by atomic mass is 9.77. The van der Waals surface area contributed by atoms with Gasteiger partial charge in [-0.3, -0.25) is 0 Å². The molecule has 0 nitrogen and oxygen atoms in total. The Bertz CT molecular complexity index is 965. The van der Waals surface area contributed by atoms with E-state index in [0.29, 0.717) is 5.92 Å². The van der Waals surface area contributed by atoms with Gasteiger partial charge in [-0.25, -0.2) is 0 Å². The Morgan fingerprint density at radius 2 is 1.31 bits per heavy atom. The van der Waals surface area contributed by atoms with E-state index in [1.165, 1.54) is 101 Å². The van der Waals surface area contributed by atoms with E-state index in [9.17, 15) is 0 Å². The molecule has 2 saturated carbocycles. The molecule has 0 heteroatoms. The smallest absolute Gasteiger partial charge is 0.0249 e. The minimum absolute atomic E-state index is 0.689. The molecule has 2 aromatic carbocycles. The van der Waals surface area contributed by atoms with E-state index >= 15 is 0 Å². The van der Waals surface area contributed by atoms with E-state index < -0.39 is 0 Å². The molecule has 0 N–H and O–H groups in total. The lowest BCUT2D eigenvalue weighted by molar-refractivity contribution is 0.308. The molecule has 2 aliphatic rings. The number of hydrogen-bond donors (Lipinski definition) is 0. The van der Waals surface area contributed by atoms with Gasteiger partial charge in [0.2, 0.25) is 0 Å². The van der Waals surface area contributed by atoms with Gasteiger partial charge in [-0.2, -0.15) is 0 Å². The topological polar surface area (TPSA) is 0 Å². The zero-order chi connectivity index (χ0) is 25.0. The Hall–Kier alpha value is -2.26. The highest BCUT2D eigenvalue weighted by Gasteiger charge is 2.22. The number of allylic oxidation sites excluding steroid dienone is 2. The molecule has 0 heterocycles. The average Bonchev–Trinajstić information content (AvgIpc) is 2.93. The van der Waals surface area contributed by atoms with Gasteiger partial charge in [-0.05, 0) is 123 Å². The van der Waals surface area contributed by atoms with Gasteiger partial charge in [0.1, 0.15) is 0 Å². The fraction of sp³-hybridized carbons (Fsp3) is 0.556. The van der Waals surface area contributed by atoms with Crippen LogP contribution in [0.25, 0.3) is 0 Å². The van der Waals surface area contributed by atoms with Crippen LogP contribution < -0.4 is 0 Å². The molecule has 0 aromatic heterocycles. The van der Waals surface area contributed by atoms with Gasteiger partial charge in [0, 0.05) is 5.56 Å². The highest BCUT2D eigenvalue weighted by atomic mass is 14.3. The number of hydrogen-bond acceptors (Lipinski definition) is 0. The van der Waals surface area contributed by atoms with Gasteiger partial charge in [0.15, 0.2) is 0 Å². The van der Waals surface area contributed by atoms with E-state index in [0.717, 1.165) is 23.3 Å². The second-order valence-corrected chi connectivity index (χ2v) is 11.6. The average molecular weight is 481 g/mol. The Kier molecular flexibility index (Phi) is 10.8. The van der Waals surface area contributed by atoms with Gasteiger partial charge in [0.05, 0.1) is 0 Å². The lowest BCUT2D eigenvalue weighted by Gasteiger charge is -2.28. The summed E-state index contributed by atoms with van der Waals surface area (Å²) < 4.78 is 0. The molecule has 2 aliphatic carbocycles. The third-order valence-electron chi connectivity index (χ3n) is 8.89. The van der Waals surface area contributed by atoms with E-state index in [4.69, 9.17) is 0 Å². The van der Waals surface area contributed by atoms with Crippen molar-refractivity contribution < 1.29 is 0 Å². The van der Waals surface area contributed by atoms with Gasteiger partial charge in [0.25, 0.3) is 0 Å². The maximum atomic E-state index is 3.36. The molecule has 2 fully saturated rings. The summed E-state index contributed by atoms with van der Waals surface area (Å²) in [6.07, 6.45) is 23.2. The van der Waals surface area contributed by atoms with E-state index in [1.807, 2.05) is 0 Å². The zero-order valence-corrected chi connectivity index (χ0v) is 23.0. The largest absolute Gasteiger partial charge is 0.0730 e. The van der Waals surface area contributed by atoms with Gasteiger partial charge in [-0.1, -0.05) is 93.8 Å². The second kappa shape index (κ2) is 14.5. The highest BCUT2D eigenvalue weighted by molar-refractivity contribution is 5.39. The molecule has 0 radical (unpaired) electrons. The molecular formula is C36H48. The van der Waals surface area contributed by atoms with Gasteiger partial charge >= 0.3 is 0 Å². The number of aryl methyl sites for hydroxylation is 1. The molecule has 2 aromatic rings. The molecule has 0 aliphatic heterocycles. The molecule has 0 saturated heterocycles. The molecule has 36 heavy (non-hydrogen) atoms. The molecule has 0 spiro atoms. The van der Waals surface area contributed by atoms with Crippen LogP contribution in [0.5, 0.6) is 0 Å². The molecular weight excluding hydrogens is 432 g/mol. The van der Waals surface area contributed by atoms with Crippen LogP contribution >= 0.6 is 0 Å². The van der Waals surface area contributed by atoms with Crippen LogP contribution in [0.15, 0.2) is 60.7 Å². The third kappa shape index (κ3) is 8.13. The van der Waals surface area contributed by atoms with Crippen molar-refractivity contribution in [3.05, 3.63) is 82.9 Å².